The molecular weight excluding hydrogens is 294 g/mol. The van der Waals surface area contributed by atoms with Crippen LogP contribution in [0.3, 0.4) is 0 Å². The van der Waals surface area contributed by atoms with E-state index in [-0.39, 0.29) is 16.0 Å². The summed E-state index contributed by atoms with van der Waals surface area (Å²) in [5.74, 6) is 0. The van der Waals surface area contributed by atoms with Crippen molar-refractivity contribution in [2.75, 3.05) is 12.3 Å². The lowest BCUT2D eigenvalue weighted by Crippen LogP contribution is -2.41. The maximum atomic E-state index is 12.2. The summed E-state index contributed by atoms with van der Waals surface area (Å²) in [5.41, 5.74) is 5.06. The van der Waals surface area contributed by atoms with Crippen LogP contribution in [-0.4, -0.2) is 19.9 Å². The molecule has 0 spiro atoms. The van der Waals surface area contributed by atoms with Crippen molar-refractivity contribution in [3.63, 3.8) is 0 Å². The summed E-state index contributed by atoms with van der Waals surface area (Å²) in [6, 6.07) is 3.52. The predicted molar refractivity (Wildman–Crippen MR) is 79.3 cm³/mol. The first-order valence-corrected chi connectivity index (χ1v) is 8.32. The number of nitrogen functional groups attached to an aromatic ring is 1. The Labute approximate surface area is 123 Å². The maximum Gasteiger partial charge on any atom is 0.293 e. The lowest BCUT2D eigenvalue weighted by Gasteiger charge is -2.41. The molecule has 21 heavy (non-hydrogen) atoms. The van der Waals surface area contributed by atoms with Crippen molar-refractivity contribution in [2.45, 2.75) is 37.5 Å². The molecule has 1 aromatic carbocycles. The molecule has 7 nitrogen and oxygen atoms in total. The lowest BCUT2D eigenvalue weighted by atomic mass is 9.67. The number of hydrogen-bond donors (Lipinski definition) is 2. The SMILES string of the molecule is CCC1(CNS(=O)(=O)c2ccc(N)c([N+](=O)[O-])c2)CCC1. The first-order chi connectivity index (χ1) is 9.80. The van der Waals surface area contributed by atoms with Gasteiger partial charge in [-0.1, -0.05) is 13.3 Å². The normalized spacial score (nSPS) is 17.2. The van der Waals surface area contributed by atoms with Crippen molar-refractivity contribution in [3.8, 4) is 0 Å². The van der Waals surface area contributed by atoms with Crippen molar-refractivity contribution >= 4 is 21.4 Å². The second kappa shape index (κ2) is 5.61. The van der Waals surface area contributed by atoms with Gasteiger partial charge in [-0.3, -0.25) is 10.1 Å². The molecule has 3 N–H and O–H groups in total. The molecule has 0 unspecified atom stereocenters. The Morgan fingerprint density at radius 1 is 1.43 bits per heavy atom. The average Bonchev–Trinajstić information content (AvgIpc) is 2.37. The summed E-state index contributed by atoms with van der Waals surface area (Å²) < 4.78 is 27.1. The zero-order chi connectivity index (χ0) is 15.7. The number of nitro benzene ring substituents is 1. The number of benzene rings is 1. The number of hydrogen-bond acceptors (Lipinski definition) is 5. The van der Waals surface area contributed by atoms with E-state index in [1.165, 1.54) is 12.1 Å². The van der Waals surface area contributed by atoms with Crippen LogP contribution in [0.1, 0.15) is 32.6 Å². The van der Waals surface area contributed by atoms with Crippen molar-refractivity contribution in [3.05, 3.63) is 28.3 Å². The van der Waals surface area contributed by atoms with Crippen LogP contribution < -0.4 is 10.5 Å². The van der Waals surface area contributed by atoms with E-state index in [2.05, 4.69) is 4.72 Å². The highest BCUT2D eigenvalue weighted by atomic mass is 32.2. The van der Waals surface area contributed by atoms with E-state index in [0.29, 0.717) is 6.54 Å². The topological polar surface area (TPSA) is 115 Å². The molecule has 2 rings (SSSR count). The van der Waals surface area contributed by atoms with Crippen molar-refractivity contribution in [1.29, 1.82) is 0 Å². The quantitative estimate of drug-likeness (QED) is 0.473. The Balaban J connectivity index is 2.20. The Hall–Kier alpha value is -1.67. The Morgan fingerprint density at radius 3 is 2.57 bits per heavy atom. The van der Waals surface area contributed by atoms with Gasteiger partial charge in [0.15, 0.2) is 0 Å². The molecule has 1 saturated carbocycles. The van der Waals surface area contributed by atoms with Gasteiger partial charge in [0.25, 0.3) is 5.69 Å². The molecule has 0 saturated heterocycles. The van der Waals surface area contributed by atoms with Gasteiger partial charge < -0.3 is 5.73 Å². The van der Waals surface area contributed by atoms with Crippen LogP contribution in [0.15, 0.2) is 23.1 Å². The monoisotopic (exact) mass is 313 g/mol. The number of anilines is 1. The number of nitrogens with two attached hydrogens (primary N) is 1. The fourth-order valence-electron chi connectivity index (χ4n) is 2.51. The summed E-state index contributed by atoms with van der Waals surface area (Å²) >= 11 is 0. The summed E-state index contributed by atoms with van der Waals surface area (Å²) in [5, 5.41) is 10.8. The molecule has 0 radical (unpaired) electrons. The van der Waals surface area contributed by atoms with Gasteiger partial charge in [0.2, 0.25) is 10.0 Å². The molecule has 1 fully saturated rings. The molecule has 0 bridgehead atoms. The highest BCUT2D eigenvalue weighted by molar-refractivity contribution is 7.89. The molecule has 8 heteroatoms. The fraction of sp³-hybridized carbons (Fsp3) is 0.538. The van der Waals surface area contributed by atoms with Gasteiger partial charge in [0.1, 0.15) is 5.69 Å². The Morgan fingerprint density at radius 2 is 2.10 bits per heavy atom. The van der Waals surface area contributed by atoms with Crippen molar-refractivity contribution in [2.24, 2.45) is 5.41 Å². The number of nitro groups is 1. The third-order valence-electron chi connectivity index (χ3n) is 4.31. The summed E-state index contributed by atoms with van der Waals surface area (Å²) in [7, 11) is -3.76. The summed E-state index contributed by atoms with van der Waals surface area (Å²) in [6.07, 6.45) is 4.04. The van der Waals surface area contributed by atoms with Gasteiger partial charge in [-0.05, 0) is 36.8 Å². The van der Waals surface area contributed by atoms with E-state index in [1.54, 1.807) is 0 Å². The largest absolute Gasteiger partial charge is 0.393 e. The van der Waals surface area contributed by atoms with E-state index in [0.717, 1.165) is 31.7 Å². The molecule has 0 heterocycles. The van der Waals surface area contributed by atoms with Crippen LogP contribution >= 0.6 is 0 Å². The van der Waals surface area contributed by atoms with Crippen molar-refractivity contribution < 1.29 is 13.3 Å². The van der Waals surface area contributed by atoms with E-state index < -0.39 is 20.6 Å². The van der Waals surface area contributed by atoms with Gasteiger partial charge in [-0.15, -0.1) is 0 Å². The van der Waals surface area contributed by atoms with E-state index in [4.69, 9.17) is 5.73 Å². The van der Waals surface area contributed by atoms with Gasteiger partial charge in [0.05, 0.1) is 9.82 Å². The molecule has 1 aliphatic carbocycles. The first-order valence-electron chi connectivity index (χ1n) is 6.83. The summed E-state index contributed by atoms with van der Waals surface area (Å²) in [4.78, 5) is 10.0. The summed E-state index contributed by atoms with van der Waals surface area (Å²) in [6.45, 7) is 2.41. The number of sulfonamides is 1. The number of nitrogens with zero attached hydrogens (tertiary/aromatic N) is 1. The maximum absolute atomic E-state index is 12.2. The van der Waals surface area contributed by atoms with E-state index >= 15 is 0 Å². The van der Waals surface area contributed by atoms with Gasteiger partial charge in [-0.25, -0.2) is 13.1 Å². The molecule has 1 aliphatic rings. The minimum Gasteiger partial charge on any atom is -0.393 e. The lowest BCUT2D eigenvalue weighted by molar-refractivity contribution is -0.384. The highest BCUT2D eigenvalue weighted by Gasteiger charge is 2.36. The minimum atomic E-state index is -3.76. The first kappa shape index (κ1) is 15.7. The zero-order valence-electron chi connectivity index (χ0n) is 11.8. The third kappa shape index (κ3) is 3.16. The smallest absolute Gasteiger partial charge is 0.293 e. The third-order valence-corrected chi connectivity index (χ3v) is 5.71. The number of nitrogens with one attached hydrogen (secondary N) is 1. The van der Waals surface area contributed by atoms with Crippen LogP contribution in [-0.2, 0) is 10.0 Å². The van der Waals surface area contributed by atoms with Crippen LogP contribution in [0.2, 0.25) is 0 Å². The van der Waals surface area contributed by atoms with Crippen molar-refractivity contribution in [1.82, 2.24) is 4.72 Å². The molecule has 116 valence electrons. The van der Waals surface area contributed by atoms with Gasteiger partial charge >= 0.3 is 0 Å². The zero-order valence-corrected chi connectivity index (χ0v) is 12.6. The second-order valence-corrected chi connectivity index (χ2v) is 7.28. The van der Waals surface area contributed by atoms with E-state index in [9.17, 15) is 18.5 Å². The van der Waals surface area contributed by atoms with E-state index in [1.807, 2.05) is 6.92 Å². The second-order valence-electron chi connectivity index (χ2n) is 5.51. The standard InChI is InChI=1S/C13H19N3O4S/c1-2-13(6-3-7-13)9-15-21(19,20)10-4-5-11(14)12(8-10)16(17)18/h4-5,8,15H,2-3,6-7,9,14H2,1H3. The van der Waals surface area contributed by atoms with Crippen LogP contribution in [0.5, 0.6) is 0 Å². The van der Waals surface area contributed by atoms with Gasteiger partial charge in [0, 0.05) is 12.6 Å². The van der Waals surface area contributed by atoms with Crippen LogP contribution in [0.25, 0.3) is 0 Å². The highest BCUT2D eigenvalue weighted by Crippen LogP contribution is 2.43. The molecule has 0 aliphatic heterocycles. The molecule has 0 aromatic heterocycles. The van der Waals surface area contributed by atoms with Crippen LogP contribution in [0.4, 0.5) is 11.4 Å². The Kier molecular flexibility index (Phi) is 4.20. The number of rotatable bonds is 6. The fourth-order valence-corrected chi connectivity index (χ4v) is 3.69. The molecule has 1 aromatic rings. The predicted octanol–water partition coefficient (Wildman–Crippen LogP) is 2.04. The average molecular weight is 313 g/mol. The Bertz CT molecular complexity index is 648. The van der Waals surface area contributed by atoms with Gasteiger partial charge in [-0.2, -0.15) is 0 Å². The van der Waals surface area contributed by atoms with Crippen LogP contribution in [0, 0.1) is 15.5 Å². The minimum absolute atomic E-state index is 0.0345. The molecule has 0 amide bonds. The molecule has 0 atom stereocenters. The molecular formula is C13H19N3O4S.